The van der Waals surface area contributed by atoms with Crippen LogP contribution in [-0.4, -0.2) is 13.0 Å². The molecule has 0 unspecified atom stereocenters. The zero-order chi connectivity index (χ0) is 10.9. The van der Waals surface area contributed by atoms with E-state index in [-0.39, 0.29) is 15.5 Å². The van der Waals surface area contributed by atoms with Crippen LogP contribution in [-0.2, 0) is 10.1 Å². The van der Waals surface area contributed by atoms with Gasteiger partial charge in [0.1, 0.15) is 4.90 Å². The lowest BCUT2D eigenvalue weighted by Crippen LogP contribution is -2.02. The van der Waals surface area contributed by atoms with Crippen molar-refractivity contribution in [1.82, 2.24) is 0 Å². The maximum absolute atomic E-state index is 11.0. The molecular formula is C9H9ClO3S. The van der Waals surface area contributed by atoms with Crippen LogP contribution in [0.4, 0.5) is 0 Å². The third kappa shape index (κ3) is 2.15. The summed E-state index contributed by atoms with van der Waals surface area (Å²) in [5.74, 6) is 0. The van der Waals surface area contributed by atoms with E-state index < -0.39 is 10.1 Å². The molecule has 1 aromatic carbocycles. The SMILES string of the molecule is C=C(C)c1c(Cl)cccc1S(=O)(=O)O. The van der Waals surface area contributed by atoms with Crippen LogP contribution in [0.2, 0.25) is 5.02 Å². The summed E-state index contributed by atoms with van der Waals surface area (Å²) < 4.78 is 30.8. The number of rotatable bonds is 2. The van der Waals surface area contributed by atoms with Crippen molar-refractivity contribution in [3.63, 3.8) is 0 Å². The Morgan fingerprint density at radius 1 is 1.50 bits per heavy atom. The molecule has 0 saturated carbocycles. The number of allylic oxidation sites excluding steroid dienone is 1. The first-order chi connectivity index (χ1) is 6.34. The topological polar surface area (TPSA) is 54.4 Å². The zero-order valence-electron chi connectivity index (χ0n) is 7.49. The van der Waals surface area contributed by atoms with E-state index in [2.05, 4.69) is 6.58 Å². The summed E-state index contributed by atoms with van der Waals surface area (Å²) in [6, 6.07) is 4.28. The molecule has 0 heterocycles. The molecule has 76 valence electrons. The molecule has 5 heteroatoms. The first kappa shape index (κ1) is 11.2. The standard InChI is InChI=1S/C9H9ClO3S/c1-6(2)9-7(10)4-3-5-8(9)14(11,12)13/h3-5H,1H2,2H3,(H,11,12,13). The monoisotopic (exact) mass is 232 g/mol. The highest BCUT2D eigenvalue weighted by atomic mass is 35.5. The van der Waals surface area contributed by atoms with E-state index in [1.165, 1.54) is 12.1 Å². The van der Waals surface area contributed by atoms with Gasteiger partial charge >= 0.3 is 0 Å². The second kappa shape index (κ2) is 3.73. The van der Waals surface area contributed by atoms with Gasteiger partial charge < -0.3 is 0 Å². The average molecular weight is 233 g/mol. The lowest BCUT2D eigenvalue weighted by molar-refractivity contribution is 0.483. The Morgan fingerprint density at radius 3 is 2.43 bits per heavy atom. The Labute approximate surface area is 87.8 Å². The molecule has 0 bridgehead atoms. The Morgan fingerprint density at radius 2 is 2.07 bits per heavy atom. The fraction of sp³-hybridized carbons (Fsp3) is 0.111. The quantitative estimate of drug-likeness (QED) is 0.798. The second-order valence-corrected chi connectivity index (χ2v) is 4.67. The molecule has 0 aliphatic heterocycles. The molecule has 1 aromatic rings. The lowest BCUT2D eigenvalue weighted by Gasteiger charge is -2.07. The van der Waals surface area contributed by atoms with Crippen LogP contribution in [0.15, 0.2) is 29.7 Å². The van der Waals surface area contributed by atoms with Crippen molar-refractivity contribution in [2.75, 3.05) is 0 Å². The maximum atomic E-state index is 11.0. The molecule has 0 spiro atoms. The van der Waals surface area contributed by atoms with Gasteiger partial charge in [0.25, 0.3) is 10.1 Å². The molecular weight excluding hydrogens is 224 g/mol. The molecule has 0 atom stereocenters. The van der Waals surface area contributed by atoms with Gasteiger partial charge in [-0.05, 0) is 24.6 Å². The molecule has 14 heavy (non-hydrogen) atoms. The van der Waals surface area contributed by atoms with Gasteiger partial charge in [0, 0.05) is 10.6 Å². The minimum absolute atomic E-state index is 0.211. The first-order valence-corrected chi connectivity index (χ1v) is 5.57. The fourth-order valence-corrected chi connectivity index (χ4v) is 2.32. The van der Waals surface area contributed by atoms with Crippen LogP contribution >= 0.6 is 11.6 Å². The number of hydrogen-bond acceptors (Lipinski definition) is 2. The van der Waals surface area contributed by atoms with E-state index in [0.29, 0.717) is 5.57 Å². The molecule has 0 saturated heterocycles. The van der Waals surface area contributed by atoms with Crippen LogP contribution < -0.4 is 0 Å². The molecule has 0 aliphatic carbocycles. The van der Waals surface area contributed by atoms with Crippen molar-refractivity contribution in [1.29, 1.82) is 0 Å². The van der Waals surface area contributed by atoms with E-state index in [4.69, 9.17) is 16.2 Å². The van der Waals surface area contributed by atoms with Gasteiger partial charge in [-0.25, -0.2) is 0 Å². The molecule has 0 aliphatic rings. The molecule has 1 N–H and O–H groups in total. The fourth-order valence-electron chi connectivity index (χ4n) is 1.13. The van der Waals surface area contributed by atoms with E-state index in [1.54, 1.807) is 13.0 Å². The first-order valence-electron chi connectivity index (χ1n) is 3.76. The van der Waals surface area contributed by atoms with E-state index >= 15 is 0 Å². The zero-order valence-corrected chi connectivity index (χ0v) is 9.06. The van der Waals surface area contributed by atoms with Crippen molar-refractivity contribution >= 4 is 27.3 Å². The van der Waals surface area contributed by atoms with Crippen molar-refractivity contribution < 1.29 is 13.0 Å². The third-order valence-corrected chi connectivity index (χ3v) is 2.89. The molecule has 0 fully saturated rings. The molecule has 0 aromatic heterocycles. The van der Waals surface area contributed by atoms with E-state index in [0.717, 1.165) is 0 Å². The van der Waals surface area contributed by atoms with Gasteiger partial charge in [0.15, 0.2) is 0 Å². The third-order valence-electron chi connectivity index (χ3n) is 1.68. The normalized spacial score (nSPS) is 11.4. The number of hydrogen-bond donors (Lipinski definition) is 1. The lowest BCUT2D eigenvalue weighted by atomic mass is 10.1. The Hall–Kier alpha value is -0.840. The Balaban J connectivity index is 3.61. The van der Waals surface area contributed by atoms with Crippen molar-refractivity contribution in [2.24, 2.45) is 0 Å². The van der Waals surface area contributed by atoms with Gasteiger partial charge in [-0.2, -0.15) is 8.42 Å². The summed E-state index contributed by atoms with van der Waals surface area (Å²) >= 11 is 5.79. The van der Waals surface area contributed by atoms with Gasteiger partial charge in [-0.15, -0.1) is 0 Å². The van der Waals surface area contributed by atoms with E-state index in [9.17, 15) is 8.42 Å². The highest BCUT2D eigenvalue weighted by Crippen LogP contribution is 2.29. The van der Waals surface area contributed by atoms with Crippen LogP contribution in [0.25, 0.3) is 5.57 Å². The summed E-state index contributed by atoms with van der Waals surface area (Å²) in [7, 11) is -4.25. The smallest absolute Gasteiger partial charge is 0.282 e. The minimum atomic E-state index is -4.25. The molecule has 3 nitrogen and oxygen atoms in total. The average Bonchev–Trinajstić information content (AvgIpc) is 2.01. The Kier molecular flexibility index (Phi) is 2.99. The number of benzene rings is 1. The Bertz CT molecular complexity index is 477. The minimum Gasteiger partial charge on any atom is -0.282 e. The van der Waals surface area contributed by atoms with Crippen LogP contribution in [0.5, 0.6) is 0 Å². The molecule has 1 rings (SSSR count). The highest BCUT2D eigenvalue weighted by molar-refractivity contribution is 7.86. The predicted octanol–water partition coefficient (Wildman–Crippen LogP) is 2.62. The van der Waals surface area contributed by atoms with Crippen molar-refractivity contribution in [3.8, 4) is 0 Å². The summed E-state index contributed by atoms with van der Waals surface area (Å²) in [5, 5.41) is 0.257. The second-order valence-electron chi connectivity index (χ2n) is 2.87. The number of halogens is 1. The summed E-state index contributed by atoms with van der Waals surface area (Å²) in [6.45, 7) is 5.22. The van der Waals surface area contributed by atoms with Crippen molar-refractivity contribution in [2.45, 2.75) is 11.8 Å². The van der Waals surface area contributed by atoms with Crippen LogP contribution in [0.1, 0.15) is 12.5 Å². The maximum Gasteiger partial charge on any atom is 0.295 e. The van der Waals surface area contributed by atoms with Crippen molar-refractivity contribution in [3.05, 3.63) is 35.4 Å². The van der Waals surface area contributed by atoms with E-state index in [1.807, 2.05) is 0 Å². The van der Waals surface area contributed by atoms with Gasteiger partial charge in [-0.3, -0.25) is 4.55 Å². The summed E-state index contributed by atoms with van der Waals surface area (Å²) in [6.07, 6.45) is 0. The molecule has 0 radical (unpaired) electrons. The van der Waals surface area contributed by atoms with Crippen LogP contribution in [0, 0.1) is 0 Å². The van der Waals surface area contributed by atoms with Crippen LogP contribution in [0.3, 0.4) is 0 Å². The predicted molar refractivity (Wildman–Crippen MR) is 56.0 cm³/mol. The highest BCUT2D eigenvalue weighted by Gasteiger charge is 2.17. The summed E-state index contributed by atoms with van der Waals surface area (Å²) in [5.41, 5.74) is 0.750. The van der Waals surface area contributed by atoms with Gasteiger partial charge in [-0.1, -0.05) is 24.2 Å². The summed E-state index contributed by atoms with van der Waals surface area (Å²) in [4.78, 5) is -0.211. The largest absolute Gasteiger partial charge is 0.295 e. The van der Waals surface area contributed by atoms with Gasteiger partial charge in [0.2, 0.25) is 0 Å². The molecule has 0 amide bonds. The van der Waals surface area contributed by atoms with Gasteiger partial charge in [0.05, 0.1) is 0 Å².